The Bertz CT molecular complexity index is 1050. The average Bonchev–Trinajstić information content (AvgIpc) is 2.97. The van der Waals surface area contributed by atoms with Crippen LogP contribution >= 0.6 is 11.3 Å². The maximum atomic E-state index is 12.3. The molecule has 1 aromatic carbocycles. The van der Waals surface area contributed by atoms with Crippen LogP contribution in [0.25, 0.3) is 0 Å². The van der Waals surface area contributed by atoms with Gasteiger partial charge in [0.2, 0.25) is 0 Å². The molecule has 0 saturated heterocycles. The Kier molecular flexibility index (Phi) is 7.74. The number of ether oxygens (including phenoxy) is 2. The van der Waals surface area contributed by atoms with Crippen LogP contribution in [0.15, 0.2) is 29.2 Å². The Morgan fingerprint density at radius 3 is 2.30 bits per heavy atom. The van der Waals surface area contributed by atoms with Crippen LogP contribution < -0.4 is 5.32 Å². The first kappa shape index (κ1) is 23.6. The van der Waals surface area contributed by atoms with Gasteiger partial charge in [0.25, 0.3) is 5.91 Å². The first-order valence-corrected chi connectivity index (χ1v) is 11.4. The second-order valence-corrected chi connectivity index (χ2v) is 9.90. The van der Waals surface area contributed by atoms with E-state index in [1.54, 1.807) is 26.0 Å². The topological polar surface area (TPSA) is 116 Å². The fourth-order valence-corrected chi connectivity index (χ4v) is 4.81. The van der Waals surface area contributed by atoms with Crippen molar-refractivity contribution in [3.05, 3.63) is 45.8 Å². The molecule has 162 valence electrons. The Hall–Kier alpha value is -2.72. The Labute approximate surface area is 179 Å². The molecule has 1 amide bonds. The van der Waals surface area contributed by atoms with E-state index in [4.69, 9.17) is 9.47 Å². The molecular weight excluding hydrogens is 430 g/mol. The Morgan fingerprint density at radius 2 is 1.70 bits per heavy atom. The van der Waals surface area contributed by atoms with Crippen molar-refractivity contribution in [1.82, 2.24) is 0 Å². The van der Waals surface area contributed by atoms with Crippen LogP contribution in [0.5, 0.6) is 0 Å². The van der Waals surface area contributed by atoms with Gasteiger partial charge >= 0.3 is 11.9 Å². The first-order chi connectivity index (χ1) is 14.0. The molecule has 10 heteroatoms. The quantitative estimate of drug-likeness (QED) is 0.611. The number of esters is 2. The van der Waals surface area contributed by atoms with Gasteiger partial charge in [-0.1, -0.05) is 17.7 Å². The molecule has 2 rings (SSSR count). The minimum Gasteiger partial charge on any atom is -0.465 e. The van der Waals surface area contributed by atoms with Gasteiger partial charge in [-0.15, -0.1) is 11.3 Å². The van der Waals surface area contributed by atoms with E-state index in [-0.39, 0.29) is 16.9 Å². The van der Waals surface area contributed by atoms with Crippen molar-refractivity contribution in [3.8, 4) is 0 Å². The number of amides is 1. The van der Waals surface area contributed by atoms with Crippen LogP contribution in [-0.2, 0) is 28.9 Å². The molecule has 30 heavy (non-hydrogen) atoms. The molecule has 1 N–H and O–H groups in total. The molecule has 0 atom stereocenters. The van der Waals surface area contributed by atoms with Crippen molar-refractivity contribution in [2.24, 2.45) is 0 Å². The standard InChI is InChI=1S/C20H23NO7S2/c1-12-5-7-15(8-6-12)30(25,26)10-9-17(23)28-11-16(22)21-19-18(20(24)27-4)13(2)14(3)29-19/h5-8H,9-11H2,1-4H3,(H,21,22). The fraction of sp³-hybridized carbons (Fsp3) is 0.350. The molecule has 1 heterocycles. The number of rotatable bonds is 8. The number of hydrogen-bond acceptors (Lipinski definition) is 8. The zero-order chi connectivity index (χ0) is 22.5. The molecule has 8 nitrogen and oxygen atoms in total. The second kappa shape index (κ2) is 9.86. The van der Waals surface area contributed by atoms with Gasteiger partial charge in [-0.05, 0) is 38.5 Å². The number of thiophene rings is 1. The van der Waals surface area contributed by atoms with Gasteiger partial charge in [0, 0.05) is 4.88 Å². The van der Waals surface area contributed by atoms with Crippen LogP contribution in [0.3, 0.4) is 0 Å². The highest BCUT2D eigenvalue weighted by molar-refractivity contribution is 7.91. The Balaban J connectivity index is 1.90. The number of carbonyl (C=O) groups is 3. The largest absolute Gasteiger partial charge is 0.465 e. The van der Waals surface area contributed by atoms with Crippen LogP contribution in [0.2, 0.25) is 0 Å². The molecule has 0 aliphatic carbocycles. The lowest BCUT2D eigenvalue weighted by molar-refractivity contribution is -0.146. The summed E-state index contributed by atoms with van der Waals surface area (Å²) in [5.74, 6) is -2.46. The highest BCUT2D eigenvalue weighted by Crippen LogP contribution is 2.32. The second-order valence-electron chi connectivity index (χ2n) is 6.57. The van der Waals surface area contributed by atoms with Crippen LogP contribution in [0.1, 0.15) is 32.8 Å². The average molecular weight is 454 g/mol. The molecule has 2 aromatic rings. The smallest absolute Gasteiger partial charge is 0.341 e. The van der Waals surface area contributed by atoms with Gasteiger partial charge in [-0.2, -0.15) is 0 Å². The van der Waals surface area contributed by atoms with E-state index in [0.717, 1.165) is 10.4 Å². The third-order valence-corrected chi connectivity index (χ3v) is 7.20. The van der Waals surface area contributed by atoms with E-state index in [1.165, 1.54) is 30.6 Å². The van der Waals surface area contributed by atoms with E-state index in [1.807, 2.05) is 6.92 Å². The number of carbonyl (C=O) groups excluding carboxylic acids is 3. The number of anilines is 1. The summed E-state index contributed by atoms with van der Waals surface area (Å²) in [7, 11) is -2.39. The van der Waals surface area contributed by atoms with Gasteiger partial charge in [0.15, 0.2) is 16.4 Å². The lowest BCUT2D eigenvalue weighted by Crippen LogP contribution is -2.22. The molecule has 0 saturated carbocycles. The van der Waals surface area contributed by atoms with Crippen molar-refractivity contribution in [1.29, 1.82) is 0 Å². The number of sulfone groups is 1. The minimum atomic E-state index is -3.63. The van der Waals surface area contributed by atoms with Gasteiger partial charge in [0.1, 0.15) is 5.00 Å². The lowest BCUT2D eigenvalue weighted by atomic mass is 10.1. The molecule has 0 fully saturated rings. The number of aryl methyl sites for hydroxylation is 2. The summed E-state index contributed by atoms with van der Waals surface area (Å²) in [6.45, 7) is 4.78. The highest BCUT2D eigenvalue weighted by atomic mass is 32.2. The lowest BCUT2D eigenvalue weighted by Gasteiger charge is -2.08. The summed E-state index contributed by atoms with van der Waals surface area (Å²) in [4.78, 5) is 36.9. The van der Waals surface area contributed by atoms with E-state index in [9.17, 15) is 22.8 Å². The maximum Gasteiger partial charge on any atom is 0.341 e. The van der Waals surface area contributed by atoms with Crippen LogP contribution in [0.4, 0.5) is 5.00 Å². The van der Waals surface area contributed by atoms with Gasteiger partial charge < -0.3 is 14.8 Å². The van der Waals surface area contributed by atoms with Crippen molar-refractivity contribution in [2.45, 2.75) is 32.1 Å². The third-order valence-electron chi connectivity index (χ3n) is 4.35. The van der Waals surface area contributed by atoms with Gasteiger partial charge in [-0.3, -0.25) is 9.59 Å². The summed E-state index contributed by atoms with van der Waals surface area (Å²) in [6, 6.07) is 6.30. The summed E-state index contributed by atoms with van der Waals surface area (Å²) in [5.41, 5.74) is 1.87. The third kappa shape index (κ3) is 5.90. The molecule has 0 unspecified atom stereocenters. The molecule has 0 radical (unpaired) electrons. The van der Waals surface area contributed by atoms with Crippen molar-refractivity contribution in [2.75, 3.05) is 24.8 Å². The molecule has 1 aromatic heterocycles. The zero-order valence-electron chi connectivity index (χ0n) is 17.1. The first-order valence-electron chi connectivity index (χ1n) is 8.98. The van der Waals surface area contributed by atoms with Crippen molar-refractivity contribution >= 4 is 44.0 Å². The molecule has 0 aliphatic heterocycles. The monoisotopic (exact) mass is 453 g/mol. The van der Waals surface area contributed by atoms with Crippen LogP contribution in [0, 0.1) is 20.8 Å². The number of nitrogens with one attached hydrogen (secondary N) is 1. The zero-order valence-corrected chi connectivity index (χ0v) is 18.7. The number of benzene rings is 1. The predicted molar refractivity (Wildman–Crippen MR) is 113 cm³/mol. The molecule has 0 spiro atoms. The van der Waals surface area contributed by atoms with Crippen molar-refractivity contribution < 1.29 is 32.3 Å². The van der Waals surface area contributed by atoms with Crippen molar-refractivity contribution in [3.63, 3.8) is 0 Å². The SMILES string of the molecule is COC(=O)c1c(NC(=O)COC(=O)CCS(=O)(=O)c2ccc(C)cc2)sc(C)c1C. The van der Waals surface area contributed by atoms with E-state index < -0.39 is 40.0 Å². The summed E-state index contributed by atoms with van der Waals surface area (Å²) >= 11 is 1.21. The predicted octanol–water partition coefficient (Wildman–Crippen LogP) is 2.81. The van der Waals surface area contributed by atoms with E-state index >= 15 is 0 Å². The maximum absolute atomic E-state index is 12.3. The molecule has 0 bridgehead atoms. The molecular formula is C20H23NO7S2. The van der Waals surface area contributed by atoms with Crippen LogP contribution in [-0.4, -0.2) is 45.7 Å². The highest BCUT2D eigenvalue weighted by Gasteiger charge is 2.22. The van der Waals surface area contributed by atoms with E-state index in [2.05, 4.69) is 5.32 Å². The van der Waals surface area contributed by atoms with E-state index in [0.29, 0.717) is 10.6 Å². The van der Waals surface area contributed by atoms with Gasteiger partial charge in [0.05, 0.1) is 29.7 Å². The fourth-order valence-electron chi connectivity index (χ4n) is 2.52. The summed E-state index contributed by atoms with van der Waals surface area (Å²) < 4.78 is 34.1. The number of hydrogen-bond donors (Lipinski definition) is 1. The minimum absolute atomic E-state index is 0.123. The van der Waals surface area contributed by atoms with Gasteiger partial charge in [-0.25, -0.2) is 13.2 Å². The summed E-state index contributed by atoms with van der Waals surface area (Å²) in [5, 5.41) is 2.83. The molecule has 0 aliphatic rings. The Morgan fingerprint density at radius 1 is 1.07 bits per heavy atom. The number of methoxy groups -OCH3 is 1. The normalized spacial score (nSPS) is 11.1. The summed E-state index contributed by atoms with van der Waals surface area (Å²) in [6.07, 6.45) is -0.381.